The van der Waals surface area contributed by atoms with Gasteiger partial charge in [-0.1, -0.05) is 61.4 Å². The van der Waals surface area contributed by atoms with Gasteiger partial charge in [-0.15, -0.1) is 0 Å². The highest BCUT2D eigenvalue weighted by molar-refractivity contribution is 6.15. The minimum Gasteiger partial charge on any atom is -0.338 e. The monoisotopic (exact) mass is 494 g/mol. The fourth-order valence-corrected chi connectivity index (χ4v) is 5.54. The highest BCUT2D eigenvalue weighted by atomic mass is 16.2. The number of carbonyl (C=O) groups is 2. The molecular formula is C31H34N4O2. The zero-order valence-corrected chi connectivity index (χ0v) is 21.6. The Balaban J connectivity index is 0.000000212. The summed E-state index contributed by atoms with van der Waals surface area (Å²) in [5.41, 5.74) is 4.39. The summed E-state index contributed by atoms with van der Waals surface area (Å²) in [7, 11) is 0. The van der Waals surface area contributed by atoms with Gasteiger partial charge in [0.05, 0.1) is 11.6 Å². The van der Waals surface area contributed by atoms with Crippen molar-refractivity contribution in [2.24, 2.45) is 10.9 Å². The van der Waals surface area contributed by atoms with Gasteiger partial charge in [0.15, 0.2) is 0 Å². The summed E-state index contributed by atoms with van der Waals surface area (Å²) in [6.45, 7) is 8.25. The lowest BCUT2D eigenvalue weighted by molar-refractivity contribution is -0.131. The van der Waals surface area contributed by atoms with Crippen LogP contribution in [0.4, 0.5) is 0 Å². The first-order valence-electron chi connectivity index (χ1n) is 13.4. The normalized spacial score (nSPS) is 20.1. The average molecular weight is 495 g/mol. The van der Waals surface area contributed by atoms with E-state index in [1.54, 1.807) is 6.07 Å². The maximum Gasteiger partial charge on any atom is 0.256 e. The van der Waals surface area contributed by atoms with Crippen LogP contribution in [0.1, 0.15) is 63.0 Å². The first-order valence-corrected chi connectivity index (χ1v) is 13.4. The van der Waals surface area contributed by atoms with Crippen LogP contribution in [0.25, 0.3) is 11.1 Å². The van der Waals surface area contributed by atoms with Gasteiger partial charge in [0, 0.05) is 31.1 Å². The number of nitrogens with zero attached hydrogens (tertiary/aromatic N) is 4. The number of likely N-dealkylation sites (tertiary alicyclic amines) is 1. The number of carbonyl (C=O) groups excluding carboxylic acids is 2. The quantitative estimate of drug-likeness (QED) is 0.539. The van der Waals surface area contributed by atoms with E-state index in [4.69, 9.17) is 10.3 Å². The molecule has 0 unspecified atom stereocenters. The predicted octanol–water partition coefficient (Wildman–Crippen LogP) is 5.33. The lowest BCUT2D eigenvalue weighted by atomic mass is 9.98. The third-order valence-corrected chi connectivity index (χ3v) is 7.82. The molecule has 2 aliphatic heterocycles. The Morgan fingerprint density at radius 1 is 1.11 bits per heavy atom. The Labute approximate surface area is 219 Å². The molecule has 0 atom stereocenters. The fraction of sp³-hybridized carbons (Fsp3) is 0.419. The van der Waals surface area contributed by atoms with Crippen molar-refractivity contribution in [3.8, 4) is 17.2 Å². The van der Waals surface area contributed by atoms with Crippen LogP contribution >= 0.6 is 0 Å². The zero-order chi connectivity index (χ0) is 26.0. The number of benzene rings is 2. The first kappa shape index (κ1) is 25.0. The molecule has 2 aromatic rings. The molecule has 2 amide bonds. The molecule has 0 N–H and O–H groups in total. The van der Waals surface area contributed by atoms with Crippen LogP contribution in [-0.4, -0.2) is 52.6 Å². The molecule has 1 saturated heterocycles. The van der Waals surface area contributed by atoms with Crippen molar-refractivity contribution in [1.82, 2.24) is 9.80 Å². The van der Waals surface area contributed by atoms with Gasteiger partial charge in [0.2, 0.25) is 5.91 Å². The summed E-state index contributed by atoms with van der Waals surface area (Å²) in [5, 5.41) is 9.08. The van der Waals surface area contributed by atoms with Gasteiger partial charge < -0.3 is 4.90 Å². The van der Waals surface area contributed by atoms with E-state index in [2.05, 4.69) is 12.6 Å². The minimum absolute atomic E-state index is 0.165. The Bertz CT molecular complexity index is 1280. The van der Waals surface area contributed by atoms with E-state index < -0.39 is 5.54 Å². The maximum absolute atomic E-state index is 12.9. The second-order valence-corrected chi connectivity index (χ2v) is 10.5. The molecule has 6 rings (SSSR count). The van der Waals surface area contributed by atoms with Gasteiger partial charge >= 0.3 is 0 Å². The molecule has 1 spiro atoms. The Kier molecular flexibility index (Phi) is 6.97. The topological polar surface area (TPSA) is 76.8 Å². The van der Waals surface area contributed by atoms with Crippen LogP contribution in [0.3, 0.4) is 0 Å². The molecule has 2 aliphatic carbocycles. The summed E-state index contributed by atoms with van der Waals surface area (Å²) in [6.07, 6.45) is 7.13. The molecule has 2 saturated carbocycles. The van der Waals surface area contributed by atoms with Gasteiger partial charge in [-0.2, -0.15) is 5.26 Å². The third kappa shape index (κ3) is 5.09. The van der Waals surface area contributed by atoms with Crippen molar-refractivity contribution in [2.45, 2.75) is 57.4 Å². The first-order chi connectivity index (χ1) is 17.9. The smallest absolute Gasteiger partial charge is 0.256 e. The average Bonchev–Trinajstić information content (AvgIpc) is 3.40. The molecule has 0 bridgehead atoms. The van der Waals surface area contributed by atoms with Crippen molar-refractivity contribution in [3.05, 3.63) is 71.8 Å². The number of nitriles is 1. The van der Waals surface area contributed by atoms with Crippen molar-refractivity contribution in [1.29, 1.82) is 5.26 Å². The summed E-state index contributed by atoms with van der Waals surface area (Å²) < 4.78 is 0. The molecule has 0 radical (unpaired) electrons. The number of amidine groups is 1. The second-order valence-electron chi connectivity index (χ2n) is 10.5. The van der Waals surface area contributed by atoms with Gasteiger partial charge in [-0.05, 0) is 62.3 Å². The van der Waals surface area contributed by atoms with Gasteiger partial charge in [0.25, 0.3) is 5.91 Å². The van der Waals surface area contributed by atoms with E-state index >= 15 is 0 Å². The minimum atomic E-state index is -0.509. The second kappa shape index (κ2) is 10.3. The van der Waals surface area contributed by atoms with E-state index in [0.29, 0.717) is 23.9 Å². The van der Waals surface area contributed by atoms with Crippen LogP contribution in [0.15, 0.2) is 65.7 Å². The molecule has 3 fully saturated rings. The zero-order valence-electron chi connectivity index (χ0n) is 21.6. The SMILES string of the molecule is C=C1CCN(C(=O)C2CC2)C1.CCN1C(=O)C2(CCCC2)N=C1c1ccc(-c2cccc(C#N)c2)cc1. The number of aliphatic imine (C=N–C) groups is 1. The van der Waals surface area contributed by atoms with E-state index in [0.717, 1.165) is 80.6 Å². The summed E-state index contributed by atoms with van der Waals surface area (Å²) in [5.74, 6) is 1.71. The molecule has 2 heterocycles. The molecule has 4 aliphatic rings. The molecule has 2 aromatic carbocycles. The van der Waals surface area contributed by atoms with Crippen LogP contribution in [-0.2, 0) is 9.59 Å². The number of rotatable bonds is 4. The predicted molar refractivity (Wildman–Crippen MR) is 145 cm³/mol. The Morgan fingerprint density at radius 2 is 1.81 bits per heavy atom. The van der Waals surface area contributed by atoms with Crippen LogP contribution in [0.2, 0.25) is 0 Å². The van der Waals surface area contributed by atoms with Crippen molar-refractivity contribution in [2.75, 3.05) is 19.6 Å². The molecule has 190 valence electrons. The molecule has 6 heteroatoms. The highest BCUT2D eigenvalue weighted by Gasteiger charge is 2.49. The fourth-order valence-electron chi connectivity index (χ4n) is 5.54. The Hall–Kier alpha value is -3.72. The number of hydrogen-bond acceptors (Lipinski definition) is 4. The van der Waals surface area contributed by atoms with Crippen LogP contribution in [0.5, 0.6) is 0 Å². The van der Waals surface area contributed by atoms with Gasteiger partial charge in [-0.3, -0.25) is 19.5 Å². The van der Waals surface area contributed by atoms with Gasteiger partial charge in [-0.25, -0.2) is 0 Å². The van der Waals surface area contributed by atoms with Crippen molar-refractivity contribution in [3.63, 3.8) is 0 Å². The van der Waals surface area contributed by atoms with Crippen molar-refractivity contribution >= 4 is 17.6 Å². The van der Waals surface area contributed by atoms with Crippen molar-refractivity contribution < 1.29 is 9.59 Å². The Morgan fingerprint density at radius 3 is 2.41 bits per heavy atom. The lowest BCUT2D eigenvalue weighted by Crippen LogP contribution is -2.41. The highest BCUT2D eigenvalue weighted by Crippen LogP contribution is 2.40. The van der Waals surface area contributed by atoms with E-state index in [1.807, 2.05) is 59.2 Å². The van der Waals surface area contributed by atoms with Crippen LogP contribution < -0.4 is 0 Å². The summed E-state index contributed by atoms with van der Waals surface area (Å²) >= 11 is 0. The van der Waals surface area contributed by atoms with Gasteiger partial charge in [0.1, 0.15) is 11.4 Å². The summed E-state index contributed by atoms with van der Waals surface area (Å²) in [4.78, 5) is 33.0. The molecular weight excluding hydrogens is 460 g/mol. The largest absolute Gasteiger partial charge is 0.338 e. The number of hydrogen-bond donors (Lipinski definition) is 0. The summed E-state index contributed by atoms with van der Waals surface area (Å²) in [6, 6.07) is 17.9. The van der Waals surface area contributed by atoms with E-state index in [-0.39, 0.29) is 5.91 Å². The number of amides is 2. The lowest BCUT2D eigenvalue weighted by Gasteiger charge is -2.21. The third-order valence-electron chi connectivity index (χ3n) is 7.82. The van der Waals surface area contributed by atoms with E-state index in [9.17, 15) is 9.59 Å². The number of likely N-dealkylation sites (N-methyl/N-ethyl adjacent to an activating group) is 1. The van der Waals surface area contributed by atoms with Crippen LogP contribution in [0, 0.1) is 17.2 Å². The van der Waals surface area contributed by atoms with E-state index in [1.165, 1.54) is 5.57 Å². The standard InChI is InChI=1S/C22H21N3O.C9H13NO/c1-2-25-20(24-22(21(25)26)12-3-4-13-22)18-10-8-17(9-11-18)19-7-5-6-16(14-19)15-23;1-7-4-5-10(6-7)9(11)8-2-3-8/h5-11,14H,2-4,12-13H2,1H3;8H,1-6H2. The maximum atomic E-state index is 12.9. The molecule has 37 heavy (non-hydrogen) atoms. The molecule has 0 aromatic heterocycles. The molecule has 6 nitrogen and oxygen atoms in total.